The third kappa shape index (κ3) is 7.80. The number of halogens is 1. The summed E-state index contributed by atoms with van der Waals surface area (Å²) in [5, 5.41) is 6.54. The van der Waals surface area contributed by atoms with Crippen molar-refractivity contribution in [2.75, 3.05) is 27.3 Å². The number of carbonyl (C=O) groups is 1. The number of nitrogens with two attached hydrogens (primary N) is 1. The van der Waals surface area contributed by atoms with Gasteiger partial charge in [0.1, 0.15) is 0 Å². The Labute approximate surface area is 189 Å². The van der Waals surface area contributed by atoms with Crippen LogP contribution in [0.2, 0.25) is 0 Å². The average molecular weight is 512 g/mol. The quantitative estimate of drug-likeness (QED) is 0.273. The van der Waals surface area contributed by atoms with Gasteiger partial charge in [0, 0.05) is 18.7 Å². The molecule has 158 valence electrons. The molecule has 0 aliphatic rings. The van der Waals surface area contributed by atoms with Gasteiger partial charge in [-0.15, -0.1) is 24.0 Å². The Bertz CT molecular complexity index is 827. The minimum Gasteiger partial charge on any atom is -0.493 e. The molecule has 0 spiro atoms. The van der Waals surface area contributed by atoms with Gasteiger partial charge in [-0.3, -0.25) is 4.79 Å². The van der Waals surface area contributed by atoms with E-state index in [0.29, 0.717) is 30.4 Å². The van der Waals surface area contributed by atoms with Crippen molar-refractivity contribution in [3.63, 3.8) is 0 Å². The molecule has 2 aromatic rings. The monoisotopic (exact) mass is 512 g/mol. The Morgan fingerprint density at radius 1 is 1.03 bits per heavy atom. The molecule has 29 heavy (non-hydrogen) atoms. The average Bonchev–Trinajstić information content (AvgIpc) is 2.72. The molecule has 0 aliphatic heterocycles. The SMILES string of the molecule is CCNC(=NCc1cccc(C(N)=O)c1)NCCc1ccc(OC)c(OC)c1.I. The second kappa shape index (κ2) is 12.9. The lowest BCUT2D eigenvalue weighted by Gasteiger charge is -2.13. The van der Waals surface area contributed by atoms with Gasteiger partial charge in [-0.05, 0) is 48.7 Å². The highest BCUT2D eigenvalue weighted by molar-refractivity contribution is 14.0. The molecule has 0 atom stereocenters. The number of aliphatic imine (C=N–C) groups is 1. The van der Waals surface area contributed by atoms with Gasteiger partial charge in [-0.25, -0.2) is 4.99 Å². The summed E-state index contributed by atoms with van der Waals surface area (Å²) in [5.74, 6) is 1.71. The number of hydrogen-bond acceptors (Lipinski definition) is 4. The number of hydrogen-bond donors (Lipinski definition) is 3. The van der Waals surface area contributed by atoms with E-state index in [0.717, 1.165) is 29.8 Å². The van der Waals surface area contributed by atoms with Gasteiger partial charge >= 0.3 is 0 Å². The lowest BCUT2D eigenvalue weighted by Crippen LogP contribution is -2.38. The molecule has 0 aromatic heterocycles. The normalized spacial score (nSPS) is 10.7. The van der Waals surface area contributed by atoms with Gasteiger partial charge < -0.3 is 25.8 Å². The molecule has 4 N–H and O–H groups in total. The second-order valence-corrected chi connectivity index (χ2v) is 6.13. The van der Waals surface area contributed by atoms with Gasteiger partial charge in [0.25, 0.3) is 0 Å². The van der Waals surface area contributed by atoms with E-state index in [1.165, 1.54) is 0 Å². The number of amides is 1. The zero-order valence-corrected chi connectivity index (χ0v) is 19.4. The molecular weight excluding hydrogens is 483 g/mol. The van der Waals surface area contributed by atoms with E-state index in [1.807, 2.05) is 37.3 Å². The fraction of sp³-hybridized carbons (Fsp3) is 0.333. The van der Waals surface area contributed by atoms with Crippen LogP contribution < -0.4 is 25.8 Å². The lowest BCUT2D eigenvalue weighted by atomic mass is 10.1. The van der Waals surface area contributed by atoms with Gasteiger partial charge in [0.2, 0.25) is 5.91 Å². The number of guanidine groups is 1. The third-order valence-corrected chi connectivity index (χ3v) is 4.13. The summed E-state index contributed by atoms with van der Waals surface area (Å²) in [6.07, 6.45) is 0.807. The van der Waals surface area contributed by atoms with Crippen LogP contribution in [0, 0.1) is 0 Å². The number of rotatable bonds is 9. The number of ether oxygens (including phenoxy) is 2. The number of primary amides is 1. The summed E-state index contributed by atoms with van der Waals surface area (Å²) < 4.78 is 10.6. The molecule has 0 saturated heterocycles. The predicted molar refractivity (Wildman–Crippen MR) is 126 cm³/mol. The van der Waals surface area contributed by atoms with Crippen molar-refractivity contribution in [2.45, 2.75) is 19.9 Å². The topological polar surface area (TPSA) is 98.0 Å². The van der Waals surface area contributed by atoms with Crippen LogP contribution in [0.3, 0.4) is 0 Å². The van der Waals surface area contributed by atoms with Crippen molar-refractivity contribution in [3.05, 3.63) is 59.2 Å². The highest BCUT2D eigenvalue weighted by atomic mass is 127. The van der Waals surface area contributed by atoms with E-state index >= 15 is 0 Å². The van der Waals surface area contributed by atoms with E-state index in [1.54, 1.807) is 26.4 Å². The predicted octanol–water partition coefficient (Wildman–Crippen LogP) is 2.72. The smallest absolute Gasteiger partial charge is 0.248 e. The van der Waals surface area contributed by atoms with Crippen LogP contribution in [0.4, 0.5) is 0 Å². The van der Waals surface area contributed by atoms with E-state index < -0.39 is 5.91 Å². The fourth-order valence-corrected chi connectivity index (χ4v) is 2.70. The molecule has 0 radical (unpaired) electrons. The molecule has 2 rings (SSSR count). The summed E-state index contributed by atoms with van der Waals surface area (Å²) in [6.45, 7) is 3.93. The van der Waals surface area contributed by atoms with Crippen LogP contribution >= 0.6 is 24.0 Å². The van der Waals surface area contributed by atoms with Crippen molar-refractivity contribution in [1.82, 2.24) is 10.6 Å². The summed E-state index contributed by atoms with van der Waals surface area (Å²) in [5.41, 5.74) is 7.87. The second-order valence-electron chi connectivity index (χ2n) is 6.13. The maximum absolute atomic E-state index is 11.3. The minimum absolute atomic E-state index is 0. The van der Waals surface area contributed by atoms with Crippen molar-refractivity contribution < 1.29 is 14.3 Å². The van der Waals surface area contributed by atoms with Crippen molar-refractivity contribution in [2.24, 2.45) is 10.7 Å². The van der Waals surface area contributed by atoms with E-state index in [9.17, 15) is 4.79 Å². The van der Waals surface area contributed by atoms with Crippen LogP contribution in [0.25, 0.3) is 0 Å². The molecule has 0 heterocycles. The van der Waals surface area contributed by atoms with Gasteiger partial charge in [-0.2, -0.15) is 0 Å². The van der Waals surface area contributed by atoms with Crippen LogP contribution in [0.1, 0.15) is 28.4 Å². The van der Waals surface area contributed by atoms with E-state index in [-0.39, 0.29) is 24.0 Å². The first-order valence-corrected chi connectivity index (χ1v) is 9.19. The Morgan fingerprint density at radius 3 is 2.45 bits per heavy atom. The molecule has 1 amide bonds. The van der Waals surface area contributed by atoms with Crippen LogP contribution in [0.5, 0.6) is 11.5 Å². The number of nitrogens with one attached hydrogen (secondary N) is 2. The number of carbonyl (C=O) groups excluding carboxylic acids is 1. The van der Waals surface area contributed by atoms with Crippen LogP contribution in [0.15, 0.2) is 47.5 Å². The first-order chi connectivity index (χ1) is 13.6. The highest BCUT2D eigenvalue weighted by Gasteiger charge is 2.05. The summed E-state index contributed by atoms with van der Waals surface area (Å²) in [6, 6.07) is 13.1. The molecule has 0 unspecified atom stereocenters. The molecule has 0 fully saturated rings. The van der Waals surface area contributed by atoms with Crippen molar-refractivity contribution >= 4 is 35.8 Å². The Hall–Kier alpha value is -2.49. The maximum Gasteiger partial charge on any atom is 0.248 e. The summed E-state index contributed by atoms with van der Waals surface area (Å²) in [4.78, 5) is 15.9. The summed E-state index contributed by atoms with van der Waals surface area (Å²) >= 11 is 0. The zero-order valence-electron chi connectivity index (χ0n) is 17.0. The Kier molecular flexibility index (Phi) is 10.9. The maximum atomic E-state index is 11.3. The zero-order chi connectivity index (χ0) is 20.4. The van der Waals surface area contributed by atoms with Crippen molar-refractivity contribution in [1.29, 1.82) is 0 Å². The van der Waals surface area contributed by atoms with Crippen LogP contribution in [-0.2, 0) is 13.0 Å². The molecule has 2 aromatic carbocycles. The Balaban J connectivity index is 0.00000420. The number of nitrogens with zero attached hydrogens (tertiary/aromatic N) is 1. The van der Waals surface area contributed by atoms with E-state index in [4.69, 9.17) is 15.2 Å². The van der Waals surface area contributed by atoms with Crippen molar-refractivity contribution in [3.8, 4) is 11.5 Å². The van der Waals surface area contributed by atoms with Crippen LogP contribution in [-0.4, -0.2) is 39.2 Å². The van der Waals surface area contributed by atoms with Gasteiger partial charge in [-0.1, -0.05) is 18.2 Å². The molecule has 7 nitrogen and oxygen atoms in total. The lowest BCUT2D eigenvalue weighted by molar-refractivity contribution is 0.1000. The fourth-order valence-electron chi connectivity index (χ4n) is 2.70. The molecule has 8 heteroatoms. The molecular formula is C21H29IN4O3. The molecule has 0 aliphatic carbocycles. The summed E-state index contributed by atoms with van der Waals surface area (Å²) in [7, 11) is 3.25. The largest absolute Gasteiger partial charge is 0.493 e. The van der Waals surface area contributed by atoms with Gasteiger partial charge in [0.15, 0.2) is 17.5 Å². The first kappa shape index (κ1) is 24.5. The van der Waals surface area contributed by atoms with E-state index in [2.05, 4.69) is 15.6 Å². The first-order valence-electron chi connectivity index (χ1n) is 9.19. The number of benzene rings is 2. The minimum atomic E-state index is -0.439. The van der Waals surface area contributed by atoms with Gasteiger partial charge in [0.05, 0.1) is 20.8 Å². The Morgan fingerprint density at radius 2 is 1.79 bits per heavy atom. The standard InChI is InChI=1S/C21H28N4O3.HI/c1-4-23-21(25-14-16-6-5-7-17(12-16)20(22)26)24-11-10-15-8-9-18(27-2)19(13-15)28-3;/h5-9,12-13H,4,10-11,14H2,1-3H3,(H2,22,26)(H2,23,24,25);1H. The highest BCUT2D eigenvalue weighted by Crippen LogP contribution is 2.27. The number of methoxy groups -OCH3 is 2. The molecule has 0 saturated carbocycles. The molecule has 0 bridgehead atoms. The third-order valence-electron chi connectivity index (χ3n) is 4.13.